The maximum Gasteiger partial charge on any atom is 0.338 e. The Balaban J connectivity index is 1.88. The SMILES string of the molecule is COc1ccc(CN(C)C(=O)COC(=O)c2ccc(N(C)C)cc2)cc1F. The number of ether oxygens (including phenoxy) is 2. The van der Waals surface area contributed by atoms with Gasteiger partial charge in [-0.15, -0.1) is 0 Å². The van der Waals surface area contributed by atoms with E-state index in [-0.39, 0.29) is 24.8 Å². The number of nitrogens with zero attached hydrogens (tertiary/aromatic N) is 2. The van der Waals surface area contributed by atoms with Crippen LogP contribution in [0.25, 0.3) is 0 Å². The topological polar surface area (TPSA) is 59.1 Å². The molecule has 2 aromatic rings. The van der Waals surface area contributed by atoms with Crippen LogP contribution in [0, 0.1) is 5.82 Å². The Morgan fingerprint density at radius 1 is 1.04 bits per heavy atom. The van der Waals surface area contributed by atoms with E-state index in [4.69, 9.17) is 9.47 Å². The van der Waals surface area contributed by atoms with Crippen molar-refractivity contribution in [1.82, 2.24) is 4.90 Å². The molecular weight excluding hydrogens is 351 g/mol. The molecule has 0 aromatic heterocycles. The minimum absolute atomic E-state index is 0.141. The van der Waals surface area contributed by atoms with Gasteiger partial charge in [0.2, 0.25) is 0 Å². The van der Waals surface area contributed by atoms with Crippen LogP contribution in [-0.4, -0.2) is 51.6 Å². The zero-order chi connectivity index (χ0) is 20.0. The second kappa shape index (κ2) is 9.02. The molecule has 0 aliphatic rings. The number of esters is 1. The lowest BCUT2D eigenvalue weighted by molar-refractivity contribution is -0.133. The number of anilines is 1. The molecule has 27 heavy (non-hydrogen) atoms. The normalized spacial score (nSPS) is 10.3. The first-order valence-corrected chi connectivity index (χ1v) is 8.32. The van der Waals surface area contributed by atoms with Crippen molar-refractivity contribution in [3.8, 4) is 5.75 Å². The van der Waals surface area contributed by atoms with Gasteiger partial charge in [0.05, 0.1) is 12.7 Å². The molecule has 2 rings (SSSR count). The highest BCUT2D eigenvalue weighted by molar-refractivity contribution is 5.91. The lowest BCUT2D eigenvalue weighted by Crippen LogP contribution is -2.30. The van der Waals surface area contributed by atoms with Crippen molar-refractivity contribution in [3.05, 3.63) is 59.4 Å². The molecule has 6 nitrogen and oxygen atoms in total. The third-order valence-corrected chi connectivity index (χ3v) is 4.01. The molecule has 0 N–H and O–H groups in total. The van der Waals surface area contributed by atoms with Gasteiger partial charge in [-0.05, 0) is 42.0 Å². The molecule has 0 fully saturated rings. The van der Waals surface area contributed by atoms with Gasteiger partial charge in [0.15, 0.2) is 18.2 Å². The summed E-state index contributed by atoms with van der Waals surface area (Å²) in [6.07, 6.45) is 0. The maximum absolute atomic E-state index is 13.7. The van der Waals surface area contributed by atoms with Gasteiger partial charge in [-0.1, -0.05) is 6.07 Å². The standard InChI is InChI=1S/C20H23FN2O4/c1-22(2)16-8-6-15(7-9-16)20(25)27-13-19(24)23(3)12-14-5-10-18(26-4)17(21)11-14/h5-11H,12-13H2,1-4H3. The molecule has 0 bridgehead atoms. The summed E-state index contributed by atoms with van der Waals surface area (Å²) in [5.74, 6) is -1.31. The Morgan fingerprint density at radius 3 is 2.26 bits per heavy atom. The average molecular weight is 374 g/mol. The van der Waals surface area contributed by atoms with E-state index in [1.54, 1.807) is 37.4 Å². The number of carbonyl (C=O) groups excluding carboxylic acids is 2. The fourth-order valence-electron chi connectivity index (χ4n) is 2.39. The number of halogens is 1. The van der Waals surface area contributed by atoms with Crippen molar-refractivity contribution in [2.45, 2.75) is 6.54 Å². The zero-order valence-electron chi connectivity index (χ0n) is 15.9. The summed E-state index contributed by atoms with van der Waals surface area (Å²) < 4.78 is 23.7. The predicted molar refractivity (Wildman–Crippen MR) is 100 cm³/mol. The molecule has 0 spiro atoms. The molecule has 0 saturated carbocycles. The second-order valence-electron chi connectivity index (χ2n) is 6.24. The Bertz CT molecular complexity index is 806. The van der Waals surface area contributed by atoms with Crippen LogP contribution in [-0.2, 0) is 16.1 Å². The quantitative estimate of drug-likeness (QED) is 0.698. The number of methoxy groups -OCH3 is 1. The van der Waals surface area contributed by atoms with E-state index in [1.807, 2.05) is 19.0 Å². The summed E-state index contributed by atoms with van der Waals surface area (Å²) in [5, 5.41) is 0. The summed E-state index contributed by atoms with van der Waals surface area (Å²) in [6, 6.07) is 11.4. The summed E-state index contributed by atoms with van der Waals surface area (Å²) in [5.41, 5.74) is 1.93. The number of likely N-dealkylation sites (N-methyl/N-ethyl adjacent to an activating group) is 1. The van der Waals surface area contributed by atoms with Gasteiger partial charge in [0.25, 0.3) is 5.91 Å². The molecular formula is C20H23FN2O4. The molecule has 0 heterocycles. The van der Waals surface area contributed by atoms with Crippen molar-refractivity contribution < 1.29 is 23.5 Å². The van der Waals surface area contributed by atoms with Crippen LogP contribution < -0.4 is 9.64 Å². The minimum atomic E-state index is -0.572. The Kier molecular flexibility index (Phi) is 6.76. The summed E-state index contributed by atoms with van der Waals surface area (Å²) >= 11 is 0. The smallest absolute Gasteiger partial charge is 0.338 e. The van der Waals surface area contributed by atoms with Gasteiger partial charge in [-0.25, -0.2) is 9.18 Å². The van der Waals surface area contributed by atoms with Gasteiger partial charge in [-0.3, -0.25) is 4.79 Å². The number of rotatable bonds is 7. The van der Waals surface area contributed by atoms with E-state index in [9.17, 15) is 14.0 Å². The Labute approximate surface area is 158 Å². The molecule has 7 heteroatoms. The van der Waals surface area contributed by atoms with Crippen LogP contribution >= 0.6 is 0 Å². The number of benzene rings is 2. The van der Waals surface area contributed by atoms with Gasteiger partial charge in [0.1, 0.15) is 0 Å². The minimum Gasteiger partial charge on any atom is -0.494 e. The fraction of sp³-hybridized carbons (Fsp3) is 0.300. The summed E-state index contributed by atoms with van der Waals surface area (Å²) in [4.78, 5) is 27.5. The number of hydrogen-bond donors (Lipinski definition) is 0. The van der Waals surface area contributed by atoms with E-state index in [2.05, 4.69) is 0 Å². The van der Waals surface area contributed by atoms with Gasteiger partial charge >= 0.3 is 5.97 Å². The average Bonchev–Trinajstić information content (AvgIpc) is 2.66. The molecule has 0 saturated heterocycles. The molecule has 144 valence electrons. The number of hydrogen-bond acceptors (Lipinski definition) is 5. The summed E-state index contributed by atoms with van der Waals surface area (Å²) in [6.45, 7) is -0.196. The van der Waals surface area contributed by atoms with Crippen LogP contribution in [0.5, 0.6) is 5.75 Å². The van der Waals surface area contributed by atoms with E-state index in [0.29, 0.717) is 11.1 Å². The molecule has 2 aromatic carbocycles. The van der Waals surface area contributed by atoms with E-state index >= 15 is 0 Å². The fourth-order valence-corrected chi connectivity index (χ4v) is 2.39. The van der Waals surface area contributed by atoms with E-state index in [0.717, 1.165) is 5.69 Å². The maximum atomic E-state index is 13.7. The lowest BCUT2D eigenvalue weighted by atomic mass is 10.2. The molecule has 0 atom stereocenters. The van der Waals surface area contributed by atoms with Crippen molar-refractivity contribution in [3.63, 3.8) is 0 Å². The van der Waals surface area contributed by atoms with Crippen LogP contribution in [0.1, 0.15) is 15.9 Å². The van der Waals surface area contributed by atoms with Crippen molar-refractivity contribution >= 4 is 17.6 Å². The lowest BCUT2D eigenvalue weighted by Gasteiger charge is -2.18. The van der Waals surface area contributed by atoms with Crippen LogP contribution in [0.2, 0.25) is 0 Å². The highest BCUT2D eigenvalue weighted by Crippen LogP contribution is 2.18. The summed E-state index contributed by atoms with van der Waals surface area (Å²) in [7, 11) is 6.74. The highest BCUT2D eigenvalue weighted by atomic mass is 19.1. The third kappa shape index (κ3) is 5.44. The molecule has 1 amide bonds. The first-order valence-electron chi connectivity index (χ1n) is 8.32. The monoisotopic (exact) mass is 374 g/mol. The van der Waals surface area contributed by atoms with Crippen molar-refractivity contribution in [2.75, 3.05) is 39.8 Å². The largest absolute Gasteiger partial charge is 0.494 e. The molecule has 0 aliphatic carbocycles. The van der Waals surface area contributed by atoms with Gasteiger partial charge in [0, 0.05) is 33.4 Å². The van der Waals surface area contributed by atoms with Gasteiger partial charge in [-0.2, -0.15) is 0 Å². The molecule has 0 aliphatic heterocycles. The molecule has 0 unspecified atom stereocenters. The van der Waals surface area contributed by atoms with Crippen molar-refractivity contribution in [1.29, 1.82) is 0 Å². The third-order valence-electron chi connectivity index (χ3n) is 4.01. The molecule has 0 radical (unpaired) electrons. The first kappa shape index (κ1) is 20.2. The number of carbonyl (C=O) groups is 2. The Morgan fingerprint density at radius 2 is 1.70 bits per heavy atom. The number of amides is 1. The van der Waals surface area contributed by atoms with Crippen LogP contribution in [0.3, 0.4) is 0 Å². The predicted octanol–water partition coefficient (Wildman–Crippen LogP) is 2.72. The van der Waals surface area contributed by atoms with E-state index < -0.39 is 11.8 Å². The van der Waals surface area contributed by atoms with Gasteiger partial charge < -0.3 is 19.3 Å². The van der Waals surface area contributed by atoms with Crippen LogP contribution in [0.4, 0.5) is 10.1 Å². The van der Waals surface area contributed by atoms with Crippen molar-refractivity contribution in [2.24, 2.45) is 0 Å². The zero-order valence-corrected chi connectivity index (χ0v) is 15.9. The van der Waals surface area contributed by atoms with E-state index in [1.165, 1.54) is 24.1 Å². The first-order chi connectivity index (χ1) is 12.8. The Hall–Kier alpha value is -3.09. The van der Waals surface area contributed by atoms with Crippen LogP contribution in [0.15, 0.2) is 42.5 Å². The highest BCUT2D eigenvalue weighted by Gasteiger charge is 2.15. The second-order valence-corrected chi connectivity index (χ2v) is 6.24.